The molecule has 1 heterocycles. The second kappa shape index (κ2) is 7.88. The SMILES string of the molecule is O=C1CCN(Cc2ccccc2)CC1C(=O)OCc1ccccc1. The maximum atomic E-state index is 12.3. The van der Waals surface area contributed by atoms with Crippen molar-refractivity contribution in [1.29, 1.82) is 0 Å². The molecule has 1 atom stereocenters. The van der Waals surface area contributed by atoms with Crippen LogP contribution in [0.5, 0.6) is 0 Å². The van der Waals surface area contributed by atoms with Gasteiger partial charge < -0.3 is 4.74 Å². The zero-order valence-corrected chi connectivity index (χ0v) is 13.6. The molecular weight excluding hydrogens is 302 g/mol. The predicted molar refractivity (Wildman–Crippen MR) is 91.1 cm³/mol. The molecule has 2 aromatic rings. The average molecular weight is 323 g/mol. The van der Waals surface area contributed by atoms with Gasteiger partial charge in [0.15, 0.2) is 0 Å². The van der Waals surface area contributed by atoms with Gasteiger partial charge in [0.2, 0.25) is 0 Å². The minimum Gasteiger partial charge on any atom is -0.460 e. The van der Waals surface area contributed by atoms with Crippen LogP contribution in [0.25, 0.3) is 0 Å². The molecule has 24 heavy (non-hydrogen) atoms. The molecule has 4 nitrogen and oxygen atoms in total. The quantitative estimate of drug-likeness (QED) is 0.627. The lowest BCUT2D eigenvalue weighted by atomic mass is 9.96. The molecular formula is C20H21NO3. The number of rotatable bonds is 5. The molecule has 4 heteroatoms. The lowest BCUT2D eigenvalue weighted by Crippen LogP contribution is -2.44. The van der Waals surface area contributed by atoms with Crippen LogP contribution in [0, 0.1) is 5.92 Å². The molecule has 0 aromatic heterocycles. The van der Waals surface area contributed by atoms with E-state index < -0.39 is 11.9 Å². The molecule has 0 radical (unpaired) electrons. The summed E-state index contributed by atoms with van der Waals surface area (Å²) in [6.07, 6.45) is 0.401. The lowest BCUT2D eigenvalue weighted by Gasteiger charge is -2.30. The highest BCUT2D eigenvalue weighted by atomic mass is 16.5. The summed E-state index contributed by atoms with van der Waals surface area (Å²) in [7, 11) is 0. The number of hydrogen-bond donors (Lipinski definition) is 0. The van der Waals surface area contributed by atoms with Crippen molar-refractivity contribution in [2.75, 3.05) is 13.1 Å². The number of Topliss-reactive ketones (excluding diaryl/α,β-unsaturated/α-hetero) is 1. The number of ketones is 1. The van der Waals surface area contributed by atoms with E-state index in [4.69, 9.17) is 4.74 Å². The van der Waals surface area contributed by atoms with Crippen molar-refractivity contribution in [3.8, 4) is 0 Å². The molecule has 1 fully saturated rings. The molecule has 1 unspecified atom stereocenters. The summed E-state index contributed by atoms with van der Waals surface area (Å²) in [5.41, 5.74) is 2.11. The van der Waals surface area contributed by atoms with Gasteiger partial charge in [0.05, 0.1) is 0 Å². The number of carbonyl (C=O) groups excluding carboxylic acids is 2. The van der Waals surface area contributed by atoms with E-state index in [1.165, 1.54) is 5.56 Å². The fourth-order valence-electron chi connectivity index (χ4n) is 2.91. The van der Waals surface area contributed by atoms with E-state index in [0.717, 1.165) is 12.1 Å². The van der Waals surface area contributed by atoms with Crippen LogP contribution < -0.4 is 0 Å². The summed E-state index contributed by atoms with van der Waals surface area (Å²) in [6.45, 7) is 2.08. The molecule has 0 N–H and O–H groups in total. The first kappa shape index (κ1) is 16.4. The summed E-state index contributed by atoms with van der Waals surface area (Å²) >= 11 is 0. The van der Waals surface area contributed by atoms with Gasteiger partial charge in [-0.05, 0) is 11.1 Å². The maximum Gasteiger partial charge on any atom is 0.318 e. The molecule has 0 bridgehead atoms. The highest BCUT2D eigenvalue weighted by molar-refractivity contribution is 5.99. The zero-order chi connectivity index (χ0) is 16.8. The topological polar surface area (TPSA) is 46.6 Å². The molecule has 1 saturated heterocycles. The minimum atomic E-state index is -0.675. The Balaban J connectivity index is 1.57. The number of esters is 1. The Labute approximate surface area is 142 Å². The second-order valence-corrected chi connectivity index (χ2v) is 6.08. The van der Waals surface area contributed by atoms with Crippen LogP contribution in [0.4, 0.5) is 0 Å². The van der Waals surface area contributed by atoms with Crippen molar-refractivity contribution in [2.24, 2.45) is 5.92 Å². The van der Waals surface area contributed by atoms with Crippen molar-refractivity contribution in [3.05, 3.63) is 71.8 Å². The van der Waals surface area contributed by atoms with Gasteiger partial charge in [-0.1, -0.05) is 60.7 Å². The van der Waals surface area contributed by atoms with E-state index in [0.29, 0.717) is 19.5 Å². The van der Waals surface area contributed by atoms with Crippen LogP contribution in [0.3, 0.4) is 0 Å². The first-order chi connectivity index (χ1) is 11.7. The standard InChI is InChI=1S/C20H21NO3/c22-19-11-12-21(13-16-7-3-1-4-8-16)14-18(19)20(23)24-15-17-9-5-2-6-10-17/h1-10,18H,11-15H2. The zero-order valence-electron chi connectivity index (χ0n) is 13.6. The fraction of sp³-hybridized carbons (Fsp3) is 0.300. The molecule has 0 amide bonds. The van der Waals surface area contributed by atoms with Gasteiger partial charge in [0.1, 0.15) is 18.3 Å². The van der Waals surface area contributed by atoms with Gasteiger partial charge in [-0.15, -0.1) is 0 Å². The van der Waals surface area contributed by atoms with Crippen LogP contribution in [0.15, 0.2) is 60.7 Å². The lowest BCUT2D eigenvalue weighted by molar-refractivity contribution is -0.155. The maximum absolute atomic E-state index is 12.3. The van der Waals surface area contributed by atoms with E-state index in [-0.39, 0.29) is 12.4 Å². The Morgan fingerprint density at radius 2 is 1.62 bits per heavy atom. The minimum absolute atomic E-state index is 0.0163. The van der Waals surface area contributed by atoms with Crippen molar-refractivity contribution < 1.29 is 14.3 Å². The number of piperidine rings is 1. The van der Waals surface area contributed by atoms with Gasteiger partial charge in [0.25, 0.3) is 0 Å². The highest BCUT2D eigenvalue weighted by Crippen LogP contribution is 2.18. The van der Waals surface area contributed by atoms with Crippen LogP contribution in [-0.4, -0.2) is 29.7 Å². The molecule has 0 saturated carbocycles. The Morgan fingerprint density at radius 3 is 2.29 bits per heavy atom. The first-order valence-corrected chi connectivity index (χ1v) is 8.22. The molecule has 3 rings (SSSR count). The van der Waals surface area contributed by atoms with E-state index in [9.17, 15) is 9.59 Å². The normalized spacial score (nSPS) is 18.3. The van der Waals surface area contributed by atoms with Crippen LogP contribution in [-0.2, 0) is 27.5 Å². The van der Waals surface area contributed by atoms with Gasteiger partial charge in [0, 0.05) is 26.1 Å². The number of nitrogens with zero attached hydrogens (tertiary/aromatic N) is 1. The van der Waals surface area contributed by atoms with Crippen molar-refractivity contribution in [3.63, 3.8) is 0 Å². The van der Waals surface area contributed by atoms with Crippen molar-refractivity contribution in [1.82, 2.24) is 4.90 Å². The van der Waals surface area contributed by atoms with Gasteiger partial charge in [-0.2, -0.15) is 0 Å². The van der Waals surface area contributed by atoms with Gasteiger partial charge in [-0.25, -0.2) is 0 Å². The number of benzene rings is 2. The Bertz CT molecular complexity index is 685. The summed E-state index contributed by atoms with van der Waals surface area (Å²) < 4.78 is 5.35. The summed E-state index contributed by atoms with van der Waals surface area (Å²) in [4.78, 5) is 26.6. The van der Waals surface area contributed by atoms with Crippen molar-refractivity contribution in [2.45, 2.75) is 19.6 Å². The first-order valence-electron chi connectivity index (χ1n) is 8.22. The fourth-order valence-corrected chi connectivity index (χ4v) is 2.91. The van der Waals surface area contributed by atoms with Crippen LogP contribution >= 0.6 is 0 Å². The summed E-state index contributed by atoms with van der Waals surface area (Å²) in [5.74, 6) is -1.11. The third kappa shape index (κ3) is 4.30. The number of carbonyl (C=O) groups is 2. The highest BCUT2D eigenvalue weighted by Gasteiger charge is 2.33. The summed E-state index contributed by atoms with van der Waals surface area (Å²) in [5, 5.41) is 0. The van der Waals surface area contributed by atoms with Crippen LogP contribution in [0.2, 0.25) is 0 Å². The number of ether oxygens (including phenoxy) is 1. The monoisotopic (exact) mass is 323 g/mol. The molecule has 1 aliphatic heterocycles. The predicted octanol–water partition coefficient (Wildman–Crippen LogP) is 2.82. The van der Waals surface area contributed by atoms with E-state index in [1.54, 1.807) is 0 Å². The molecule has 1 aliphatic rings. The second-order valence-electron chi connectivity index (χ2n) is 6.08. The van der Waals surface area contributed by atoms with E-state index >= 15 is 0 Å². The molecule has 0 aliphatic carbocycles. The van der Waals surface area contributed by atoms with E-state index in [2.05, 4.69) is 17.0 Å². The van der Waals surface area contributed by atoms with Gasteiger partial charge >= 0.3 is 5.97 Å². The summed E-state index contributed by atoms with van der Waals surface area (Å²) in [6, 6.07) is 19.6. The Morgan fingerprint density at radius 1 is 1.00 bits per heavy atom. The van der Waals surface area contributed by atoms with Gasteiger partial charge in [-0.3, -0.25) is 14.5 Å². The smallest absolute Gasteiger partial charge is 0.318 e. The molecule has 124 valence electrons. The number of hydrogen-bond acceptors (Lipinski definition) is 4. The number of likely N-dealkylation sites (tertiary alicyclic amines) is 1. The van der Waals surface area contributed by atoms with E-state index in [1.807, 2.05) is 48.5 Å². The molecule has 2 aromatic carbocycles. The Kier molecular flexibility index (Phi) is 5.39. The Hall–Kier alpha value is -2.46. The van der Waals surface area contributed by atoms with Crippen LogP contribution in [0.1, 0.15) is 17.5 Å². The third-order valence-electron chi connectivity index (χ3n) is 4.26. The largest absolute Gasteiger partial charge is 0.460 e. The molecule has 0 spiro atoms. The third-order valence-corrected chi connectivity index (χ3v) is 4.26. The van der Waals surface area contributed by atoms with Crippen molar-refractivity contribution >= 4 is 11.8 Å². The average Bonchev–Trinajstić information content (AvgIpc) is 2.63.